The molecule has 0 aliphatic carbocycles. The van der Waals surface area contributed by atoms with Gasteiger partial charge in [-0.2, -0.15) is 15.2 Å². The van der Waals surface area contributed by atoms with Gasteiger partial charge in [-0.25, -0.2) is 9.89 Å². The average molecular weight is 434 g/mol. The first-order valence-corrected chi connectivity index (χ1v) is 9.35. The number of ether oxygens (including phenoxy) is 2. The van der Waals surface area contributed by atoms with Gasteiger partial charge in [-0.1, -0.05) is 29.3 Å². The molecule has 0 aliphatic heterocycles. The maximum Gasteiger partial charge on any atom is 0.363 e. The van der Waals surface area contributed by atoms with Crippen LogP contribution in [0.15, 0.2) is 52.5 Å². The van der Waals surface area contributed by atoms with Gasteiger partial charge in [0.2, 0.25) is 0 Å². The summed E-state index contributed by atoms with van der Waals surface area (Å²) in [6.07, 6.45) is 2.90. The molecule has 0 radical (unpaired) electrons. The summed E-state index contributed by atoms with van der Waals surface area (Å²) in [6.45, 7) is 2.54. The predicted octanol–water partition coefficient (Wildman–Crippen LogP) is 3.90. The molecule has 0 unspecified atom stereocenters. The Balaban J connectivity index is 1.72. The highest BCUT2D eigenvalue weighted by molar-refractivity contribution is 6.35. The van der Waals surface area contributed by atoms with E-state index in [0.717, 1.165) is 5.56 Å². The fourth-order valence-corrected chi connectivity index (χ4v) is 2.86. The smallest absolute Gasteiger partial charge is 0.363 e. The topological polar surface area (TPSA) is 101 Å². The molecule has 0 spiro atoms. The molecular formula is C19H17Cl2N5O3. The van der Waals surface area contributed by atoms with Crippen molar-refractivity contribution in [3.63, 3.8) is 0 Å². The molecular weight excluding hydrogens is 417 g/mol. The Morgan fingerprint density at radius 3 is 2.69 bits per heavy atom. The lowest BCUT2D eigenvalue weighted by Crippen LogP contribution is -2.13. The Labute approximate surface area is 176 Å². The standard InChI is InChI=1S/C19H17Cl2N5O3/c1-2-28-17-8-12(9-22-25-18-10-23-26-19(27)24-18)6-7-16(17)29-11-13-14(20)4-3-5-15(13)21/h3-10H,2,11H2,1H3,(H2,24,25,26,27)/b22-9+. The SMILES string of the molecule is CCOc1cc(/C=N/Nc2cn[nH]c(=O)n2)ccc1OCc1c(Cl)cccc1Cl. The van der Waals surface area contributed by atoms with Gasteiger partial charge in [0.05, 0.1) is 19.0 Å². The van der Waals surface area contributed by atoms with Crippen molar-refractivity contribution < 1.29 is 9.47 Å². The summed E-state index contributed by atoms with van der Waals surface area (Å²) in [4.78, 5) is 14.8. The second-order valence-corrected chi connectivity index (χ2v) is 6.48. The molecule has 3 aromatic rings. The summed E-state index contributed by atoms with van der Waals surface area (Å²) >= 11 is 12.4. The van der Waals surface area contributed by atoms with Crippen LogP contribution in [-0.4, -0.2) is 28.0 Å². The van der Waals surface area contributed by atoms with E-state index in [9.17, 15) is 4.79 Å². The summed E-state index contributed by atoms with van der Waals surface area (Å²) in [6, 6.07) is 10.6. The Hall–Kier alpha value is -3.10. The number of hydrogen-bond donors (Lipinski definition) is 2. The first-order valence-electron chi connectivity index (χ1n) is 8.60. The maximum absolute atomic E-state index is 11.1. The number of H-pyrrole nitrogens is 1. The van der Waals surface area contributed by atoms with Gasteiger partial charge in [-0.3, -0.25) is 5.43 Å². The number of rotatable bonds is 8. The van der Waals surface area contributed by atoms with Crippen LogP contribution >= 0.6 is 23.2 Å². The highest BCUT2D eigenvalue weighted by Gasteiger charge is 2.10. The molecule has 3 rings (SSSR count). The number of aromatic amines is 1. The zero-order valence-corrected chi connectivity index (χ0v) is 16.9. The molecule has 1 aromatic heterocycles. The molecule has 0 aliphatic rings. The van der Waals surface area contributed by atoms with Crippen LogP contribution in [0, 0.1) is 0 Å². The lowest BCUT2D eigenvalue weighted by molar-refractivity contribution is 0.269. The zero-order valence-electron chi connectivity index (χ0n) is 15.4. The molecule has 8 nitrogen and oxygen atoms in total. The van der Waals surface area contributed by atoms with Gasteiger partial charge in [-0.05, 0) is 42.8 Å². The second kappa shape index (κ2) is 9.90. The fourth-order valence-electron chi connectivity index (χ4n) is 2.35. The summed E-state index contributed by atoms with van der Waals surface area (Å²) in [7, 11) is 0. The van der Waals surface area contributed by atoms with Crippen LogP contribution < -0.4 is 20.6 Å². The van der Waals surface area contributed by atoms with Crippen molar-refractivity contribution >= 4 is 35.2 Å². The largest absolute Gasteiger partial charge is 0.490 e. The molecule has 2 N–H and O–H groups in total. The van der Waals surface area contributed by atoms with E-state index in [4.69, 9.17) is 32.7 Å². The van der Waals surface area contributed by atoms with E-state index < -0.39 is 5.69 Å². The number of hydrazone groups is 1. The number of halogens is 2. The first kappa shape index (κ1) is 20.6. The van der Waals surface area contributed by atoms with Gasteiger partial charge in [0.25, 0.3) is 0 Å². The number of nitrogens with zero attached hydrogens (tertiary/aromatic N) is 3. The van der Waals surface area contributed by atoms with E-state index in [1.165, 1.54) is 6.20 Å². The van der Waals surface area contributed by atoms with Crippen molar-refractivity contribution in [2.24, 2.45) is 5.10 Å². The number of anilines is 1. The Bertz CT molecular complexity index is 1050. The Kier molecular flexibility index (Phi) is 7.04. The van der Waals surface area contributed by atoms with Crippen LogP contribution in [0.3, 0.4) is 0 Å². The van der Waals surface area contributed by atoms with E-state index >= 15 is 0 Å². The molecule has 0 saturated carbocycles. The van der Waals surface area contributed by atoms with Gasteiger partial charge < -0.3 is 9.47 Å². The number of aromatic nitrogens is 3. The normalized spacial score (nSPS) is 10.9. The van der Waals surface area contributed by atoms with Gasteiger partial charge in [0.15, 0.2) is 17.3 Å². The first-order chi connectivity index (χ1) is 14.1. The molecule has 0 atom stereocenters. The second-order valence-electron chi connectivity index (χ2n) is 5.67. The summed E-state index contributed by atoms with van der Waals surface area (Å²) in [5.74, 6) is 1.33. The van der Waals surface area contributed by atoms with Crippen LogP contribution in [0.5, 0.6) is 11.5 Å². The molecule has 0 bridgehead atoms. The molecule has 1 heterocycles. The van der Waals surface area contributed by atoms with Crippen molar-refractivity contribution in [3.8, 4) is 11.5 Å². The lowest BCUT2D eigenvalue weighted by Gasteiger charge is -2.14. The summed E-state index contributed by atoms with van der Waals surface area (Å²) in [5.41, 5.74) is 3.52. The zero-order chi connectivity index (χ0) is 20.6. The third kappa shape index (κ3) is 5.69. The van der Waals surface area contributed by atoms with Crippen molar-refractivity contribution in [3.05, 3.63) is 74.3 Å². The Morgan fingerprint density at radius 2 is 1.97 bits per heavy atom. The van der Waals surface area contributed by atoms with Crippen LogP contribution in [-0.2, 0) is 6.61 Å². The third-order valence-corrected chi connectivity index (χ3v) is 4.37. The monoisotopic (exact) mass is 433 g/mol. The molecule has 10 heteroatoms. The maximum atomic E-state index is 11.1. The molecule has 2 aromatic carbocycles. The van der Waals surface area contributed by atoms with E-state index in [1.54, 1.807) is 42.6 Å². The van der Waals surface area contributed by atoms with Crippen LogP contribution in [0.2, 0.25) is 10.0 Å². The van der Waals surface area contributed by atoms with Crippen molar-refractivity contribution in [1.29, 1.82) is 0 Å². The van der Waals surface area contributed by atoms with E-state index in [-0.39, 0.29) is 12.4 Å². The molecule has 29 heavy (non-hydrogen) atoms. The molecule has 0 amide bonds. The molecule has 150 valence electrons. The van der Waals surface area contributed by atoms with Gasteiger partial charge in [-0.15, -0.1) is 0 Å². The quantitative estimate of drug-likeness (QED) is 0.412. The highest BCUT2D eigenvalue weighted by atomic mass is 35.5. The summed E-state index contributed by atoms with van der Waals surface area (Å²) < 4.78 is 11.5. The fraction of sp³-hybridized carbons (Fsp3) is 0.158. The minimum atomic E-state index is -0.566. The van der Waals surface area contributed by atoms with E-state index in [0.29, 0.717) is 33.7 Å². The minimum Gasteiger partial charge on any atom is -0.490 e. The number of benzene rings is 2. The van der Waals surface area contributed by atoms with Crippen LogP contribution in [0.25, 0.3) is 0 Å². The minimum absolute atomic E-state index is 0.203. The molecule has 0 fully saturated rings. The van der Waals surface area contributed by atoms with E-state index in [1.807, 2.05) is 6.92 Å². The summed E-state index contributed by atoms with van der Waals surface area (Å²) in [5, 5.41) is 10.9. The lowest BCUT2D eigenvalue weighted by atomic mass is 10.2. The van der Waals surface area contributed by atoms with Crippen LogP contribution in [0.4, 0.5) is 5.82 Å². The van der Waals surface area contributed by atoms with Gasteiger partial charge in [0, 0.05) is 15.6 Å². The van der Waals surface area contributed by atoms with Gasteiger partial charge in [0.1, 0.15) is 6.61 Å². The predicted molar refractivity (Wildman–Crippen MR) is 112 cm³/mol. The molecule has 0 saturated heterocycles. The average Bonchev–Trinajstić information content (AvgIpc) is 2.69. The number of nitrogens with one attached hydrogen (secondary N) is 2. The van der Waals surface area contributed by atoms with Gasteiger partial charge >= 0.3 is 5.69 Å². The van der Waals surface area contributed by atoms with Crippen molar-refractivity contribution in [2.75, 3.05) is 12.0 Å². The third-order valence-electron chi connectivity index (χ3n) is 3.66. The van der Waals surface area contributed by atoms with Crippen molar-refractivity contribution in [1.82, 2.24) is 15.2 Å². The Morgan fingerprint density at radius 1 is 1.17 bits per heavy atom. The van der Waals surface area contributed by atoms with Crippen LogP contribution in [0.1, 0.15) is 18.1 Å². The highest BCUT2D eigenvalue weighted by Crippen LogP contribution is 2.31. The van der Waals surface area contributed by atoms with Crippen molar-refractivity contribution in [2.45, 2.75) is 13.5 Å². The van der Waals surface area contributed by atoms with E-state index in [2.05, 4.69) is 25.7 Å². The number of hydrogen-bond acceptors (Lipinski definition) is 7.